The number of amides is 1. The molecule has 2 rings (SSSR count). The maximum Gasteiger partial charge on any atom is 0.406 e. The topological polar surface area (TPSA) is 54.5 Å². The van der Waals surface area contributed by atoms with Crippen molar-refractivity contribution in [2.24, 2.45) is 0 Å². The zero-order valence-electron chi connectivity index (χ0n) is 10.6. The lowest BCUT2D eigenvalue weighted by molar-refractivity contribution is 0.171. The minimum absolute atomic E-state index is 0.388. The van der Waals surface area contributed by atoms with Crippen LogP contribution in [0.15, 0.2) is 5.38 Å². The fraction of sp³-hybridized carbons (Fsp3) is 0.667. The Kier molecular flexibility index (Phi) is 4.81. The number of rotatable bonds is 4. The molecule has 2 heterocycles. The summed E-state index contributed by atoms with van der Waals surface area (Å²) in [6, 6.07) is 0. The lowest BCUT2D eigenvalue weighted by Crippen LogP contribution is -2.29. The minimum atomic E-state index is -0.388. The molecule has 0 aromatic carbocycles. The summed E-state index contributed by atoms with van der Waals surface area (Å²) in [5, 5.41) is 5.85. The molecule has 0 aliphatic carbocycles. The number of hydrogen-bond donors (Lipinski definition) is 1. The zero-order valence-corrected chi connectivity index (χ0v) is 11.5. The van der Waals surface area contributed by atoms with Gasteiger partial charge < -0.3 is 15.0 Å². The molecule has 0 spiro atoms. The number of anilines is 1. The Labute approximate surface area is 111 Å². The third-order valence-corrected chi connectivity index (χ3v) is 3.95. The number of hydrogen-bond acceptors (Lipinski definition) is 5. The molecule has 1 aliphatic heterocycles. The predicted octanol–water partition coefficient (Wildman–Crippen LogP) is 2.03. The molecule has 100 valence electrons. The molecule has 1 aromatic heterocycles. The van der Waals surface area contributed by atoms with Crippen molar-refractivity contribution in [2.45, 2.75) is 25.7 Å². The fourth-order valence-electron chi connectivity index (χ4n) is 2.01. The summed E-state index contributed by atoms with van der Waals surface area (Å²) < 4.78 is 4.51. The first-order valence-electron chi connectivity index (χ1n) is 6.31. The molecule has 0 saturated carbocycles. The Morgan fingerprint density at radius 2 is 2.28 bits per heavy atom. The van der Waals surface area contributed by atoms with Crippen LogP contribution in [-0.2, 0) is 11.2 Å². The first kappa shape index (κ1) is 13.1. The van der Waals surface area contributed by atoms with Gasteiger partial charge in [-0.25, -0.2) is 9.78 Å². The largest absolute Gasteiger partial charge is 0.453 e. The highest BCUT2D eigenvalue weighted by atomic mass is 32.1. The molecule has 1 aliphatic rings. The van der Waals surface area contributed by atoms with Gasteiger partial charge in [0.05, 0.1) is 12.8 Å². The molecule has 1 N–H and O–H groups in total. The van der Waals surface area contributed by atoms with Crippen LogP contribution in [0.25, 0.3) is 0 Å². The number of carbonyl (C=O) groups is 1. The van der Waals surface area contributed by atoms with E-state index in [4.69, 9.17) is 0 Å². The molecule has 6 heteroatoms. The van der Waals surface area contributed by atoms with Crippen LogP contribution in [0.1, 0.15) is 25.0 Å². The molecule has 0 bridgehead atoms. The number of alkyl carbamates (subject to hydrolysis) is 1. The Balaban J connectivity index is 1.80. The van der Waals surface area contributed by atoms with E-state index >= 15 is 0 Å². The van der Waals surface area contributed by atoms with Gasteiger partial charge in [0.2, 0.25) is 0 Å². The van der Waals surface area contributed by atoms with E-state index in [1.807, 2.05) is 0 Å². The molecule has 1 aromatic rings. The second-order valence-corrected chi connectivity index (χ2v) is 5.17. The third kappa shape index (κ3) is 3.60. The SMILES string of the molecule is COC(=O)NCCc1csc(N2CCCCC2)n1. The van der Waals surface area contributed by atoms with E-state index in [2.05, 4.69) is 25.3 Å². The Hall–Kier alpha value is -1.30. The van der Waals surface area contributed by atoms with Crippen molar-refractivity contribution in [3.8, 4) is 0 Å². The average molecular weight is 269 g/mol. The predicted molar refractivity (Wildman–Crippen MR) is 72.3 cm³/mol. The second kappa shape index (κ2) is 6.58. The molecular formula is C12H19N3O2S. The summed E-state index contributed by atoms with van der Waals surface area (Å²) >= 11 is 1.69. The molecule has 0 unspecified atom stereocenters. The van der Waals surface area contributed by atoms with Gasteiger partial charge in [-0.2, -0.15) is 0 Å². The second-order valence-electron chi connectivity index (χ2n) is 4.34. The first-order chi connectivity index (χ1) is 8.79. The number of nitrogens with one attached hydrogen (secondary N) is 1. The Morgan fingerprint density at radius 3 is 3.00 bits per heavy atom. The number of thiazole rings is 1. The van der Waals surface area contributed by atoms with Crippen LogP contribution in [0.4, 0.5) is 9.93 Å². The standard InChI is InChI=1S/C12H19N3O2S/c1-17-12(16)13-6-5-10-9-18-11(14-10)15-7-3-2-4-8-15/h9H,2-8H2,1H3,(H,13,16). The maximum absolute atomic E-state index is 10.9. The number of nitrogens with zero attached hydrogens (tertiary/aromatic N) is 2. The molecule has 0 atom stereocenters. The van der Waals surface area contributed by atoms with E-state index < -0.39 is 0 Å². The first-order valence-corrected chi connectivity index (χ1v) is 7.19. The van der Waals surface area contributed by atoms with Crippen molar-refractivity contribution in [3.05, 3.63) is 11.1 Å². The average Bonchev–Trinajstić information content (AvgIpc) is 2.88. The van der Waals surface area contributed by atoms with E-state index in [9.17, 15) is 4.79 Å². The lowest BCUT2D eigenvalue weighted by Gasteiger charge is -2.25. The van der Waals surface area contributed by atoms with Gasteiger partial charge in [-0.1, -0.05) is 0 Å². The van der Waals surface area contributed by atoms with Crippen molar-refractivity contribution in [3.63, 3.8) is 0 Å². The van der Waals surface area contributed by atoms with Gasteiger partial charge >= 0.3 is 6.09 Å². The molecule has 1 fully saturated rings. The fourth-order valence-corrected chi connectivity index (χ4v) is 2.92. The van der Waals surface area contributed by atoms with Gasteiger partial charge in [-0.3, -0.25) is 0 Å². The van der Waals surface area contributed by atoms with Gasteiger partial charge in [0.15, 0.2) is 5.13 Å². The lowest BCUT2D eigenvalue weighted by atomic mass is 10.1. The van der Waals surface area contributed by atoms with Gasteiger partial charge in [-0.05, 0) is 19.3 Å². The number of aromatic nitrogens is 1. The van der Waals surface area contributed by atoms with Gasteiger partial charge in [-0.15, -0.1) is 11.3 Å². The highest BCUT2D eigenvalue weighted by Crippen LogP contribution is 2.23. The van der Waals surface area contributed by atoms with Gasteiger partial charge in [0.25, 0.3) is 0 Å². The van der Waals surface area contributed by atoms with Crippen LogP contribution in [0.5, 0.6) is 0 Å². The van der Waals surface area contributed by atoms with E-state index in [0.717, 1.165) is 30.3 Å². The molecule has 5 nitrogen and oxygen atoms in total. The monoisotopic (exact) mass is 269 g/mol. The minimum Gasteiger partial charge on any atom is -0.453 e. The normalized spacial score (nSPS) is 15.5. The molecule has 0 radical (unpaired) electrons. The summed E-state index contributed by atoms with van der Waals surface area (Å²) in [4.78, 5) is 17.9. The van der Waals surface area contributed by atoms with E-state index in [1.165, 1.54) is 26.4 Å². The van der Waals surface area contributed by atoms with Crippen LogP contribution in [0.2, 0.25) is 0 Å². The molecule has 1 saturated heterocycles. The molecule has 18 heavy (non-hydrogen) atoms. The third-order valence-electron chi connectivity index (χ3n) is 3.00. The number of piperidine rings is 1. The van der Waals surface area contributed by atoms with E-state index in [0.29, 0.717) is 6.54 Å². The van der Waals surface area contributed by atoms with Crippen LogP contribution in [-0.4, -0.2) is 37.8 Å². The number of ether oxygens (including phenoxy) is 1. The van der Waals surface area contributed by atoms with Crippen LogP contribution >= 0.6 is 11.3 Å². The van der Waals surface area contributed by atoms with Gasteiger partial charge in [0.1, 0.15) is 0 Å². The van der Waals surface area contributed by atoms with Crippen molar-refractivity contribution in [2.75, 3.05) is 31.6 Å². The Morgan fingerprint density at radius 1 is 1.50 bits per heavy atom. The highest BCUT2D eigenvalue weighted by Gasteiger charge is 2.14. The van der Waals surface area contributed by atoms with Gasteiger partial charge in [0, 0.05) is 31.4 Å². The van der Waals surface area contributed by atoms with Crippen LogP contribution in [0, 0.1) is 0 Å². The van der Waals surface area contributed by atoms with Crippen molar-refractivity contribution in [1.29, 1.82) is 0 Å². The summed E-state index contributed by atoms with van der Waals surface area (Å²) in [5.74, 6) is 0. The van der Waals surface area contributed by atoms with Crippen molar-refractivity contribution in [1.82, 2.24) is 10.3 Å². The Bertz CT molecular complexity index is 388. The van der Waals surface area contributed by atoms with Crippen LogP contribution in [0.3, 0.4) is 0 Å². The molecular weight excluding hydrogens is 250 g/mol. The highest BCUT2D eigenvalue weighted by molar-refractivity contribution is 7.13. The summed E-state index contributed by atoms with van der Waals surface area (Å²) in [6.45, 7) is 2.80. The quantitative estimate of drug-likeness (QED) is 0.908. The molecule has 1 amide bonds. The summed E-state index contributed by atoms with van der Waals surface area (Å²) in [6.07, 6.45) is 4.22. The number of methoxy groups -OCH3 is 1. The summed E-state index contributed by atoms with van der Waals surface area (Å²) in [7, 11) is 1.37. The van der Waals surface area contributed by atoms with Crippen LogP contribution < -0.4 is 10.2 Å². The van der Waals surface area contributed by atoms with E-state index in [-0.39, 0.29) is 6.09 Å². The smallest absolute Gasteiger partial charge is 0.406 e. The van der Waals surface area contributed by atoms with Crippen molar-refractivity contribution >= 4 is 22.6 Å². The zero-order chi connectivity index (χ0) is 12.8. The number of carbonyl (C=O) groups excluding carboxylic acids is 1. The maximum atomic E-state index is 10.9. The summed E-state index contributed by atoms with van der Waals surface area (Å²) in [5.41, 5.74) is 1.04. The van der Waals surface area contributed by atoms with Crippen molar-refractivity contribution < 1.29 is 9.53 Å². The van der Waals surface area contributed by atoms with E-state index in [1.54, 1.807) is 11.3 Å².